The van der Waals surface area contributed by atoms with Crippen molar-refractivity contribution in [1.82, 2.24) is 9.34 Å². The highest BCUT2D eigenvalue weighted by Crippen LogP contribution is 2.71. The number of nitrogens with zero attached hydrogens (tertiary/aromatic N) is 3. The van der Waals surface area contributed by atoms with Gasteiger partial charge >= 0.3 is 7.94 Å². The van der Waals surface area contributed by atoms with Crippen LogP contribution in [0.2, 0.25) is 0 Å². The molecule has 2 aromatic rings. The fourth-order valence-electron chi connectivity index (χ4n) is 4.94. The van der Waals surface area contributed by atoms with E-state index in [2.05, 4.69) is 56.5 Å². The van der Waals surface area contributed by atoms with Crippen molar-refractivity contribution in [3.8, 4) is 0 Å². The molecular weight excluding hydrogens is 329 g/mol. The van der Waals surface area contributed by atoms with Crippen LogP contribution in [0, 0.1) is 0 Å². The zero-order chi connectivity index (χ0) is 16.9. The highest BCUT2D eigenvalue weighted by atomic mass is 31.2. The van der Waals surface area contributed by atoms with E-state index < -0.39 is 7.94 Å². The Bertz CT molecular complexity index is 773. The zero-order valence-corrected chi connectivity index (χ0v) is 15.6. The van der Waals surface area contributed by atoms with E-state index in [1.54, 1.807) is 0 Å². The lowest BCUT2D eigenvalue weighted by atomic mass is 10.1. The summed E-state index contributed by atoms with van der Waals surface area (Å²) in [4.78, 5) is 12.1. The van der Waals surface area contributed by atoms with Crippen LogP contribution in [0.5, 0.6) is 0 Å². The van der Waals surface area contributed by atoms with E-state index in [1.165, 1.54) is 48.6 Å². The van der Waals surface area contributed by atoms with E-state index in [9.17, 15) is 4.89 Å². The van der Waals surface area contributed by atoms with Crippen molar-refractivity contribution in [1.29, 1.82) is 0 Å². The van der Waals surface area contributed by atoms with Crippen molar-refractivity contribution in [2.24, 2.45) is 0 Å². The highest BCUT2D eigenvalue weighted by molar-refractivity contribution is 7.67. The third-order valence-electron chi connectivity index (χ3n) is 6.15. The second kappa shape index (κ2) is 6.21. The lowest BCUT2D eigenvalue weighted by Crippen LogP contribution is -2.41. The van der Waals surface area contributed by atoms with Gasteiger partial charge in [0.15, 0.2) is 0 Å². The minimum atomic E-state index is -2.44. The Morgan fingerprint density at radius 3 is 2.56 bits per heavy atom. The number of hydrogen-bond donors (Lipinski definition) is 1. The van der Waals surface area contributed by atoms with Crippen LogP contribution in [-0.4, -0.2) is 46.5 Å². The minimum absolute atomic E-state index is 0.513. The Labute approximate surface area is 150 Å². The molecule has 0 bridgehead atoms. The molecule has 5 rings (SSSR count). The van der Waals surface area contributed by atoms with Gasteiger partial charge in [-0.1, -0.05) is 42.8 Å². The maximum atomic E-state index is 12.1. The Kier molecular flexibility index (Phi) is 3.98. The Hall–Kier alpha value is -1.19. The van der Waals surface area contributed by atoms with Crippen molar-refractivity contribution >= 4 is 24.4 Å². The number of anilines is 1. The summed E-state index contributed by atoms with van der Waals surface area (Å²) < 4.78 is 7.30. The van der Waals surface area contributed by atoms with E-state index in [0.717, 1.165) is 26.2 Å². The van der Waals surface area contributed by atoms with Gasteiger partial charge < -0.3 is 0 Å². The highest BCUT2D eigenvalue weighted by Gasteiger charge is 2.65. The smallest absolute Gasteiger partial charge is 0.192 e. The first-order valence-corrected chi connectivity index (χ1v) is 11.3. The van der Waals surface area contributed by atoms with Crippen molar-refractivity contribution in [3.05, 3.63) is 42.5 Å². The summed E-state index contributed by atoms with van der Waals surface area (Å²) in [7, 11) is -2.44. The summed E-state index contributed by atoms with van der Waals surface area (Å²) in [6.07, 6.45) is 6.17. The van der Waals surface area contributed by atoms with Crippen LogP contribution in [0.1, 0.15) is 32.1 Å². The molecule has 0 aromatic heterocycles. The predicted molar refractivity (Wildman–Crippen MR) is 106 cm³/mol. The number of fused-ring (bicyclic) bond motifs is 2. The molecule has 0 saturated carbocycles. The molecule has 132 valence electrons. The fourth-order valence-corrected chi connectivity index (χ4v) is 8.58. The molecule has 5 heteroatoms. The van der Waals surface area contributed by atoms with Gasteiger partial charge in [0, 0.05) is 25.0 Å². The number of piperidine rings is 1. The predicted octanol–water partition coefficient (Wildman–Crippen LogP) is 4.28. The number of rotatable bonds is 2. The van der Waals surface area contributed by atoms with Crippen molar-refractivity contribution in [2.45, 2.75) is 38.1 Å². The van der Waals surface area contributed by atoms with Crippen LogP contribution < -0.4 is 4.67 Å². The molecular formula is C20H27N3OP+. The van der Waals surface area contributed by atoms with Gasteiger partial charge in [0.25, 0.3) is 0 Å². The molecule has 25 heavy (non-hydrogen) atoms. The Morgan fingerprint density at radius 1 is 0.880 bits per heavy atom. The van der Waals surface area contributed by atoms with E-state index >= 15 is 0 Å². The maximum absolute atomic E-state index is 12.1. The molecule has 2 aromatic carbocycles. The Morgan fingerprint density at radius 2 is 1.68 bits per heavy atom. The normalized spacial score (nSPS) is 30.9. The van der Waals surface area contributed by atoms with E-state index in [-0.39, 0.29) is 0 Å². The second-order valence-corrected chi connectivity index (χ2v) is 10.2. The molecule has 0 amide bonds. The number of hydrogen-bond acceptors (Lipinski definition) is 4. The quantitative estimate of drug-likeness (QED) is 0.814. The van der Waals surface area contributed by atoms with Gasteiger partial charge in [-0.3, -0.25) is 0 Å². The summed E-state index contributed by atoms with van der Waals surface area (Å²) in [5.41, 5.74) is 1.22. The van der Waals surface area contributed by atoms with Crippen LogP contribution in [0.25, 0.3) is 10.8 Å². The van der Waals surface area contributed by atoms with E-state index in [1.807, 2.05) is 0 Å². The average Bonchev–Trinajstić information content (AvgIpc) is 3.24. The van der Waals surface area contributed by atoms with Crippen molar-refractivity contribution in [2.75, 3.05) is 30.8 Å². The zero-order valence-electron chi connectivity index (χ0n) is 14.7. The SMILES string of the molecule is O[P+]1(N2CCCCC2)N(c2cccc3ccccc23)C[C@@H]2CCCN21. The molecule has 3 saturated heterocycles. The second-order valence-electron chi connectivity index (χ2n) is 7.59. The van der Waals surface area contributed by atoms with Crippen LogP contribution in [0.3, 0.4) is 0 Å². The maximum Gasteiger partial charge on any atom is 0.393 e. The van der Waals surface area contributed by atoms with Crippen molar-refractivity contribution in [3.63, 3.8) is 0 Å². The molecule has 1 N–H and O–H groups in total. The summed E-state index contributed by atoms with van der Waals surface area (Å²) in [6.45, 7) is 4.09. The van der Waals surface area contributed by atoms with Gasteiger partial charge in [-0.2, -0.15) is 9.56 Å². The van der Waals surface area contributed by atoms with E-state index in [4.69, 9.17) is 0 Å². The van der Waals surface area contributed by atoms with Gasteiger partial charge in [0.05, 0.1) is 18.3 Å². The molecule has 3 fully saturated rings. The largest absolute Gasteiger partial charge is 0.393 e. The molecule has 0 aliphatic carbocycles. The first kappa shape index (κ1) is 16.0. The van der Waals surface area contributed by atoms with Crippen LogP contribution in [-0.2, 0) is 0 Å². The first-order chi connectivity index (χ1) is 12.3. The van der Waals surface area contributed by atoms with E-state index in [0.29, 0.717) is 6.04 Å². The molecule has 3 aliphatic heterocycles. The lowest BCUT2D eigenvalue weighted by Gasteiger charge is -2.38. The van der Waals surface area contributed by atoms with Gasteiger partial charge in [0.1, 0.15) is 0 Å². The minimum Gasteiger partial charge on any atom is -0.192 e. The third kappa shape index (κ3) is 2.43. The standard InChI is InChI=1S/C20H27N3OP/c24-25(21-13-4-1-5-14-21)22-15-7-10-18(22)16-23(25)20-12-6-9-17-8-2-3-11-19(17)20/h2-3,6,8-9,11-12,18,24H,1,4-5,7,10,13-16H2/q+1/t18-,25?/m0/s1. The first-order valence-electron chi connectivity index (χ1n) is 9.68. The van der Waals surface area contributed by atoms with Crippen LogP contribution in [0.15, 0.2) is 42.5 Å². The average molecular weight is 356 g/mol. The molecule has 0 radical (unpaired) electrons. The monoisotopic (exact) mass is 356 g/mol. The van der Waals surface area contributed by atoms with Gasteiger partial charge in [0.2, 0.25) is 0 Å². The summed E-state index contributed by atoms with van der Waals surface area (Å²) >= 11 is 0. The van der Waals surface area contributed by atoms with Crippen molar-refractivity contribution < 1.29 is 4.89 Å². The molecule has 3 heterocycles. The fraction of sp³-hybridized carbons (Fsp3) is 0.500. The van der Waals surface area contributed by atoms with Gasteiger partial charge in [-0.05, 0) is 37.1 Å². The molecule has 1 unspecified atom stereocenters. The lowest BCUT2D eigenvalue weighted by molar-refractivity contribution is 0.288. The topological polar surface area (TPSA) is 30.0 Å². The summed E-state index contributed by atoms with van der Waals surface area (Å²) in [5, 5.41) is 2.53. The van der Waals surface area contributed by atoms with Crippen LogP contribution >= 0.6 is 7.94 Å². The molecule has 3 aliphatic rings. The van der Waals surface area contributed by atoms with Gasteiger partial charge in [-0.25, -0.2) is 0 Å². The van der Waals surface area contributed by atoms with Crippen LogP contribution in [0.4, 0.5) is 5.69 Å². The summed E-state index contributed by atoms with van der Waals surface area (Å²) in [6, 6.07) is 15.6. The summed E-state index contributed by atoms with van der Waals surface area (Å²) in [5.74, 6) is 0. The molecule has 2 atom stereocenters. The number of benzene rings is 2. The molecule has 4 nitrogen and oxygen atoms in total. The van der Waals surface area contributed by atoms with Gasteiger partial charge in [-0.15, -0.1) is 9.34 Å². The molecule has 0 spiro atoms. The third-order valence-corrected chi connectivity index (χ3v) is 9.56. The Balaban J connectivity index is 1.63.